The van der Waals surface area contributed by atoms with Gasteiger partial charge in [0.15, 0.2) is 0 Å². The quantitative estimate of drug-likeness (QED) is 0.803. The lowest BCUT2D eigenvalue weighted by atomic mass is 9.96. The number of halogens is 3. The fraction of sp³-hybridized carbons (Fsp3) is 0.400. The van der Waals surface area contributed by atoms with Crippen molar-refractivity contribution in [1.29, 1.82) is 0 Å². The fourth-order valence-corrected chi connectivity index (χ4v) is 1.34. The Labute approximate surface area is 80.7 Å². The lowest BCUT2D eigenvalue weighted by molar-refractivity contribution is -0.138. The van der Waals surface area contributed by atoms with Crippen LogP contribution in [0.1, 0.15) is 17.9 Å². The first-order chi connectivity index (χ1) is 6.53. The van der Waals surface area contributed by atoms with Crippen molar-refractivity contribution in [1.82, 2.24) is 0 Å². The molecule has 0 aliphatic heterocycles. The van der Waals surface area contributed by atoms with Crippen molar-refractivity contribution < 1.29 is 13.2 Å². The molecule has 1 aromatic carbocycles. The highest BCUT2D eigenvalue weighted by Crippen LogP contribution is 2.30. The topological polar surface area (TPSA) is 26.0 Å². The van der Waals surface area contributed by atoms with Gasteiger partial charge in [-0.1, -0.05) is 30.3 Å². The molecule has 0 amide bonds. The summed E-state index contributed by atoms with van der Waals surface area (Å²) >= 11 is 0. The van der Waals surface area contributed by atoms with E-state index in [1.54, 1.807) is 30.3 Å². The van der Waals surface area contributed by atoms with Gasteiger partial charge in [-0.25, -0.2) is 0 Å². The van der Waals surface area contributed by atoms with Gasteiger partial charge in [-0.15, -0.1) is 0 Å². The smallest absolute Gasteiger partial charge is 0.330 e. The number of alkyl halides is 3. The minimum Gasteiger partial charge on any atom is -0.330 e. The Balaban J connectivity index is 2.73. The molecule has 1 aromatic rings. The van der Waals surface area contributed by atoms with Gasteiger partial charge < -0.3 is 5.73 Å². The summed E-state index contributed by atoms with van der Waals surface area (Å²) < 4.78 is 36.4. The first-order valence-electron chi connectivity index (χ1n) is 4.34. The van der Waals surface area contributed by atoms with Gasteiger partial charge in [-0.3, -0.25) is 0 Å². The zero-order valence-corrected chi connectivity index (χ0v) is 7.59. The normalized spacial score (nSPS) is 14.0. The van der Waals surface area contributed by atoms with Crippen LogP contribution in [0.25, 0.3) is 0 Å². The van der Waals surface area contributed by atoms with Gasteiger partial charge in [0.25, 0.3) is 0 Å². The second-order valence-corrected chi connectivity index (χ2v) is 3.16. The van der Waals surface area contributed by atoms with Gasteiger partial charge in [-0.05, 0) is 12.1 Å². The Morgan fingerprint density at radius 3 is 2.14 bits per heavy atom. The molecule has 0 bridgehead atoms. The van der Waals surface area contributed by atoms with Crippen molar-refractivity contribution in [3.8, 4) is 0 Å². The van der Waals surface area contributed by atoms with Crippen molar-refractivity contribution in [2.24, 2.45) is 5.73 Å². The molecular formula is C10H12F3N. The zero-order valence-electron chi connectivity index (χ0n) is 7.59. The van der Waals surface area contributed by atoms with Crippen LogP contribution in [0.5, 0.6) is 0 Å². The molecule has 1 rings (SSSR count). The molecular weight excluding hydrogens is 191 g/mol. The summed E-state index contributed by atoms with van der Waals surface area (Å²) in [6, 6.07) is 8.54. The first-order valence-corrected chi connectivity index (χ1v) is 4.34. The Morgan fingerprint density at radius 2 is 1.71 bits per heavy atom. The molecule has 0 radical (unpaired) electrons. The Bertz CT molecular complexity index is 268. The monoisotopic (exact) mass is 203 g/mol. The molecule has 0 aliphatic carbocycles. The van der Waals surface area contributed by atoms with E-state index in [1.165, 1.54) is 0 Å². The maximum Gasteiger partial charge on any atom is 0.389 e. The number of hydrogen-bond acceptors (Lipinski definition) is 1. The highest BCUT2D eigenvalue weighted by molar-refractivity contribution is 5.19. The third kappa shape index (κ3) is 3.38. The van der Waals surface area contributed by atoms with E-state index < -0.39 is 18.5 Å². The van der Waals surface area contributed by atoms with Gasteiger partial charge in [0.2, 0.25) is 0 Å². The summed E-state index contributed by atoms with van der Waals surface area (Å²) in [4.78, 5) is 0. The summed E-state index contributed by atoms with van der Waals surface area (Å²) in [7, 11) is 0. The molecule has 2 N–H and O–H groups in total. The van der Waals surface area contributed by atoms with Crippen LogP contribution in [0.3, 0.4) is 0 Å². The lowest BCUT2D eigenvalue weighted by Gasteiger charge is -2.16. The SMILES string of the molecule is NC[C@@H](CC(F)(F)F)c1ccccc1. The molecule has 4 heteroatoms. The molecule has 1 atom stereocenters. The van der Waals surface area contributed by atoms with Crippen LogP contribution in [0.2, 0.25) is 0 Å². The molecule has 0 saturated heterocycles. The van der Waals surface area contributed by atoms with Gasteiger partial charge >= 0.3 is 6.18 Å². The Kier molecular flexibility index (Phi) is 3.52. The van der Waals surface area contributed by atoms with Gasteiger partial charge in [0, 0.05) is 5.92 Å². The highest BCUT2D eigenvalue weighted by Gasteiger charge is 2.31. The van der Waals surface area contributed by atoms with E-state index in [4.69, 9.17) is 5.73 Å². The van der Waals surface area contributed by atoms with Crippen LogP contribution < -0.4 is 5.73 Å². The highest BCUT2D eigenvalue weighted by atomic mass is 19.4. The third-order valence-electron chi connectivity index (χ3n) is 2.03. The average molecular weight is 203 g/mol. The van der Waals surface area contributed by atoms with Crippen molar-refractivity contribution in [2.45, 2.75) is 18.5 Å². The maximum absolute atomic E-state index is 12.1. The lowest BCUT2D eigenvalue weighted by Crippen LogP contribution is -2.20. The molecule has 78 valence electrons. The molecule has 0 aliphatic rings. The largest absolute Gasteiger partial charge is 0.389 e. The summed E-state index contributed by atoms with van der Waals surface area (Å²) in [6.07, 6.45) is -5.01. The number of nitrogens with two attached hydrogens (primary N) is 1. The maximum atomic E-state index is 12.1. The van der Waals surface area contributed by atoms with Gasteiger partial charge in [0.05, 0.1) is 6.42 Å². The van der Waals surface area contributed by atoms with Gasteiger partial charge in [-0.2, -0.15) is 13.2 Å². The zero-order chi connectivity index (χ0) is 10.6. The van der Waals surface area contributed by atoms with Crippen LogP contribution in [0.15, 0.2) is 30.3 Å². The van der Waals surface area contributed by atoms with E-state index in [1.807, 2.05) is 0 Å². The summed E-state index contributed by atoms with van der Waals surface area (Å²) in [5.41, 5.74) is 5.96. The molecule has 0 heterocycles. The number of hydrogen-bond donors (Lipinski definition) is 1. The van der Waals surface area contributed by atoms with E-state index in [2.05, 4.69) is 0 Å². The molecule has 0 spiro atoms. The molecule has 0 aromatic heterocycles. The van der Waals surface area contributed by atoms with E-state index in [9.17, 15) is 13.2 Å². The molecule has 1 nitrogen and oxygen atoms in total. The van der Waals surface area contributed by atoms with Crippen molar-refractivity contribution >= 4 is 0 Å². The summed E-state index contributed by atoms with van der Waals surface area (Å²) in [5, 5.41) is 0. The second-order valence-electron chi connectivity index (χ2n) is 3.16. The predicted octanol–water partition coefficient (Wildman–Crippen LogP) is 2.68. The third-order valence-corrected chi connectivity index (χ3v) is 2.03. The summed E-state index contributed by atoms with van der Waals surface area (Å²) in [6.45, 7) is 0.0174. The Hall–Kier alpha value is -1.03. The molecule has 14 heavy (non-hydrogen) atoms. The van der Waals surface area contributed by atoms with Crippen LogP contribution in [-0.2, 0) is 0 Å². The van der Waals surface area contributed by atoms with Crippen LogP contribution in [-0.4, -0.2) is 12.7 Å². The number of benzene rings is 1. The number of rotatable bonds is 3. The van der Waals surface area contributed by atoms with E-state index >= 15 is 0 Å². The van der Waals surface area contributed by atoms with Crippen LogP contribution in [0.4, 0.5) is 13.2 Å². The van der Waals surface area contributed by atoms with Crippen molar-refractivity contribution in [2.75, 3.05) is 6.54 Å². The van der Waals surface area contributed by atoms with Crippen molar-refractivity contribution in [3.63, 3.8) is 0 Å². The van der Waals surface area contributed by atoms with Crippen LogP contribution in [0, 0.1) is 0 Å². The minimum atomic E-state index is -4.15. The molecule has 0 unspecified atom stereocenters. The van der Waals surface area contributed by atoms with E-state index in [0.29, 0.717) is 5.56 Å². The van der Waals surface area contributed by atoms with Crippen molar-refractivity contribution in [3.05, 3.63) is 35.9 Å². The minimum absolute atomic E-state index is 0.0174. The molecule has 0 saturated carbocycles. The summed E-state index contributed by atoms with van der Waals surface area (Å²) in [5.74, 6) is -0.629. The first kappa shape index (κ1) is 11.0. The van der Waals surface area contributed by atoms with E-state index in [-0.39, 0.29) is 6.54 Å². The van der Waals surface area contributed by atoms with Crippen LogP contribution >= 0.6 is 0 Å². The predicted molar refractivity (Wildman–Crippen MR) is 48.9 cm³/mol. The molecule has 0 fully saturated rings. The fourth-order valence-electron chi connectivity index (χ4n) is 1.34. The van der Waals surface area contributed by atoms with E-state index in [0.717, 1.165) is 0 Å². The Morgan fingerprint density at radius 1 is 1.14 bits per heavy atom. The average Bonchev–Trinajstić information content (AvgIpc) is 2.14. The van der Waals surface area contributed by atoms with Gasteiger partial charge in [0.1, 0.15) is 0 Å². The standard InChI is InChI=1S/C10H12F3N/c11-10(12,13)6-9(7-14)8-4-2-1-3-5-8/h1-5,9H,6-7,14H2/t9-/m1/s1. The second kappa shape index (κ2) is 4.46.